The molecule has 1 rings (SSSR count). The van der Waals surface area contributed by atoms with Gasteiger partial charge in [0.05, 0.1) is 5.57 Å². The van der Waals surface area contributed by atoms with Crippen LogP contribution in [0.4, 0.5) is 0 Å². The number of ether oxygens (including phenoxy) is 1. The third kappa shape index (κ3) is 3.32. The first-order chi connectivity index (χ1) is 7.15. The van der Waals surface area contributed by atoms with Crippen LogP contribution in [0.5, 0.6) is 5.75 Å². The van der Waals surface area contributed by atoms with E-state index < -0.39 is 5.97 Å². The summed E-state index contributed by atoms with van der Waals surface area (Å²) in [5.74, 6) is -0.343. The first-order valence-corrected chi connectivity index (χ1v) is 5.54. The molecule has 3 nitrogen and oxygen atoms in total. The van der Waals surface area contributed by atoms with Crippen LogP contribution in [0, 0.1) is 0 Å². The summed E-state index contributed by atoms with van der Waals surface area (Å²) < 4.78 is 5.35. The second kappa shape index (κ2) is 5.46. The van der Waals surface area contributed by atoms with Crippen LogP contribution >= 0.6 is 11.8 Å². The smallest absolute Gasteiger partial charge is 0.334 e. The Morgan fingerprint density at radius 1 is 1.53 bits per heavy atom. The van der Waals surface area contributed by atoms with Crippen LogP contribution in [-0.4, -0.2) is 23.9 Å². The van der Waals surface area contributed by atoms with Crippen LogP contribution in [0.25, 0.3) is 0 Å². The van der Waals surface area contributed by atoms with Crippen molar-refractivity contribution < 1.29 is 14.6 Å². The molecule has 80 valence electrons. The summed E-state index contributed by atoms with van der Waals surface area (Å²) in [6.45, 7) is 3.40. The summed E-state index contributed by atoms with van der Waals surface area (Å²) in [6.07, 6.45) is 1.94. The van der Waals surface area contributed by atoms with Crippen molar-refractivity contribution in [3.63, 3.8) is 0 Å². The Balaban J connectivity index is 2.65. The molecule has 0 aromatic heterocycles. The van der Waals surface area contributed by atoms with Crippen molar-refractivity contribution in [1.82, 2.24) is 0 Å². The summed E-state index contributed by atoms with van der Waals surface area (Å²) in [5.41, 5.74) is 0.0471. The molecule has 0 aliphatic rings. The number of carboxylic acids is 1. The SMILES string of the molecule is C=C(COc1ccccc1SC)C(=O)O. The summed E-state index contributed by atoms with van der Waals surface area (Å²) in [6, 6.07) is 7.48. The number of rotatable bonds is 5. The molecule has 0 amide bonds. The van der Waals surface area contributed by atoms with Crippen molar-refractivity contribution in [2.45, 2.75) is 4.90 Å². The predicted octanol–water partition coefficient (Wildman–Crippen LogP) is 2.43. The highest BCUT2D eigenvalue weighted by Gasteiger charge is 2.06. The van der Waals surface area contributed by atoms with Crippen molar-refractivity contribution >= 4 is 17.7 Å². The standard InChI is InChI=1S/C11H12O3S/c1-8(11(12)13)7-14-9-5-3-4-6-10(9)15-2/h3-6H,1,7H2,2H3,(H,12,13). The first-order valence-electron chi connectivity index (χ1n) is 4.32. The van der Waals surface area contributed by atoms with E-state index in [-0.39, 0.29) is 12.2 Å². The minimum Gasteiger partial charge on any atom is -0.487 e. The highest BCUT2D eigenvalue weighted by Crippen LogP contribution is 2.26. The number of carbonyl (C=O) groups is 1. The largest absolute Gasteiger partial charge is 0.487 e. The van der Waals surface area contributed by atoms with Gasteiger partial charge in [0.25, 0.3) is 0 Å². The molecule has 0 bridgehead atoms. The number of thioether (sulfide) groups is 1. The molecule has 1 N–H and O–H groups in total. The maximum atomic E-state index is 10.5. The number of hydrogen-bond donors (Lipinski definition) is 1. The third-order valence-corrected chi connectivity index (χ3v) is 2.55. The van der Waals surface area contributed by atoms with Gasteiger partial charge in [-0.25, -0.2) is 4.79 Å². The van der Waals surface area contributed by atoms with Crippen molar-refractivity contribution in [2.75, 3.05) is 12.9 Å². The molecule has 4 heteroatoms. The van der Waals surface area contributed by atoms with Crippen molar-refractivity contribution in [1.29, 1.82) is 0 Å². The average molecular weight is 224 g/mol. The molecule has 0 atom stereocenters. The monoisotopic (exact) mass is 224 g/mol. The van der Waals surface area contributed by atoms with Gasteiger partial charge in [0, 0.05) is 4.90 Å². The molecule has 1 aromatic rings. The Kier molecular flexibility index (Phi) is 4.24. The molecule has 0 saturated carbocycles. The molecule has 0 aliphatic carbocycles. The van der Waals surface area contributed by atoms with E-state index >= 15 is 0 Å². The maximum Gasteiger partial charge on any atom is 0.334 e. The second-order valence-corrected chi connectivity index (χ2v) is 3.70. The molecule has 0 aliphatic heterocycles. The molecular formula is C11H12O3S. The van der Waals surface area contributed by atoms with E-state index in [1.807, 2.05) is 24.5 Å². The van der Waals surface area contributed by atoms with Crippen LogP contribution in [0.1, 0.15) is 0 Å². The highest BCUT2D eigenvalue weighted by atomic mass is 32.2. The number of carboxylic acid groups (broad SMARTS) is 1. The summed E-state index contributed by atoms with van der Waals surface area (Å²) in [7, 11) is 0. The van der Waals surface area contributed by atoms with E-state index in [0.29, 0.717) is 5.75 Å². The van der Waals surface area contributed by atoms with Gasteiger partial charge in [-0.3, -0.25) is 0 Å². The van der Waals surface area contributed by atoms with Crippen LogP contribution in [0.2, 0.25) is 0 Å². The lowest BCUT2D eigenvalue weighted by Crippen LogP contribution is -2.09. The lowest BCUT2D eigenvalue weighted by atomic mass is 10.3. The number of aliphatic carboxylic acids is 1. The zero-order chi connectivity index (χ0) is 11.3. The molecule has 0 fully saturated rings. The average Bonchev–Trinajstić information content (AvgIpc) is 2.26. The summed E-state index contributed by atoms with van der Waals surface area (Å²) in [5, 5.41) is 8.60. The lowest BCUT2D eigenvalue weighted by Gasteiger charge is -2.09. The predicted molar refractivity (Wildman–Crippen MR) is 60.5 cm³/mol. The zero-order valence-corrected chi connectivity index (χ0v) is 9.21. The minimum atomic E-state index is -1.03. The van der Waals surface area contributed by atoms with E-state index in [4.69, 9.17) is 9.84 Å². The number of hydrogen-bond acceptors (Lipinski definition) is 3. The molecule has 0 saturated heterocycles. The fourth-order valence-electron chi connectivity index (χ4n) is 0.965. The quantitative estimate of drug-likeness (QED) is 0.616. The van der Waals surface area contributed by atoms with Gasteiger partial charge in [0.15, 0.2) is 0 Å². The molecule has 0 heterocycles. The van der Waals surface area contributed by atoms with Gasteiger partial charge >= 0.3 is 5.97 Å². The summed E-state index contributed by atoms with van der Waals surface area (Å²) in [4.78, 5) is 11.5. The Morgan fingerprint density at radius 2 is 2.20 bits per heavy atom. The van der Waals surface area contributed by atoms with Gasteiger partial charge in [-0.1, -0.05) is 18.7 Å². The Labute approximate surface area is 92.8 Å². The van der Waals surface area contributed by atoms with Gasteiger partial charge in [-0.05, 0) is 18.4 Å². The topological polar surface area (TPSA) is 46.5 Å². The van der Waals surface area contributed by atoms with Crippen molar-refractivity contribution in [3.05, 3.63) is 36.4 Å². The van der Waals surface area contributed by atoms with Crippen LogP contribution in [0.3, 0.4) is 0 Å². The second-order valence-electron chi connectivity index (χ2n) is 2.85. The van der Waals surface area contributed by atoms with Crippen LogP contribution < -0.4 is 4.74 Å². The van der Waals surface area contributed by atoms with E-state index in [0.717, 1.165) is 4.90 Å². The highest BCUT2D eigenvalue weighted by molar-refractivity contribution is 7.98. The molecule has 0 spiro atoms. The van der Waals surface area contributed by atoms with E-state index in [1.165, 1.54) is 0 Å². The molecule has 15 heavy (non-hydrogen) atoms. The van der Waals surface area contributed by atoms with Gasteiger partial charge in [0.2, 0.25) is 0 Å². The van der Waals surface area contributed by atoms with Crippen molar-refractivity contribution in [3.8, 4) is 5.75 Å². The number of para-hydroxylation sites is 1. The molecule has 0 unspecified atom stereocenters. The molecular weight excluding hydrogens is 212 g/mol. The maximum absolute atomic E-state index is 10.5. The number of benzene rings is 1. The Morgan fingerprint density at radius 3 is 2.80 bits per heavy atom. The fraction of sp³-hybridized carbons (Fsp3) is 0.182. The van der Waals surface area contributed by atoms with Crippen molar-refractivity contribution in [2.24, 2.45) is 0 Å². The van der Waals surface area contributed by atoms with Gasteiger partial charge in [0.1, 0.15) is 12.4 Å². The van der Waals surface area contributed by atoms with Gasteiger partial charge in [-0.15, -0.1) is 11.8 Å². The third-order valence-electron chi connectivity index (χ3n) is 1.77. The lowest BCUT2D eigenvalue weighted by molar-refractivity contribution is -0.133. The Bertz CT molecular complexity index is 374. The normalized spacial score (nSPS) is 9.67. The van der Waals surface area contributed by atoms with Crippen LogP contribution in [-0.2, 0) is 4.79 Å². The first kappa shape index (κ1) is 11.7. The van der Waals surface area contributed by atoms with Gasteiger partial charge in [-0.2, -0.15) is 0 Å². The van der Waals surface area contributed by atoms with E-state index in [9.17, 15) is 4.79 Å². The molecule has 0 radical (unpaired) electrons. The molecule has 1 aromatic carbocycles. The summed E-state index contributed by atoms with van der Waals surface area (Å²) >= 11 is 1.55. The van der Waals surface area contributed by atoms with Gasteiger partial charge < -0.3 is 9.84 Å². The minimum absolute atomic E-state index is 0.00685. The fourth-order valence-corrected chi connectivity index (χ4v) is 1.51. The zero-order valence-electron chi connectivity index (χ0n) is 8.40. The van der Waals surface area contributed by atoms with E-state index in [1.54, 1.807) is 17.8 Å². The Hall–Kier alpha value is -1.42. The van der Waals surface area contributed by atoms with E-state index in [2.05, 4.69) is 6.58 Å². The van der Waals surface area contributed by atoms with Crippen LogP contribution in [0.15, 0.2) is 41.3 Å².